The van der Waals surface area contributed by atoms with Crippen LogP contribution in [0.15, 0.2) is 52.4 Å². The van der Waals surface area contributed by atoms with E-state index in [0.29, 0.717) is 28.1 Å². The molecule has 7 heteroatoms. The van der Waals surface area contributed by atoms with Gasteiger partial charge < -0.3 is 14.5 Å². The van der Waals surface area contributed by atoms with Gasteiger partial charge in [-0.1, -0.05) is 35.5 Å². The fourth-order valence-electron chi connectivity index (χ4n) is 2.73. The molecule has 0 bridgehead atoms. The van der Waals surface area contributed by atoms with Crippen molar-refractivity contribution in [3.8, 4) is 28.8 Å². The van der Waals surface area contributed by atoms with Crippen molar-refractivity contribution in [3.05, 3.63) is 69.5 Å². The summed E-state index contributed by atoms with van der Waals surface area (Å²) in [5.41, 5.74) is 2.69. The maximum atomic E-state index is 12.4. The number of aromatic amines is 1. The molecule has 6 nitrogen and oxygen atoms in total. The number of hydrogen-bond acceptors (Lipinski definition) is 6. The van der Waals surface area contributed by atoms with Gasteiger partial charge in [-0.05, 0) is 30.7 Å². The molecule has 1 heterocycles. The Balaban J connectivity index is 1.94. The van der Waals surface area contributed by atoms with Crippen LogP contribution in [0.4, 0.5) is 0 Å². The summed E-state index contributed by atoms with van der Waals surface area (Å²) in [7, 11) is 3.19. The minimum atomic E-state index is -0.445. The van der Waals surface area contributed by atoms with Gasteiger partial charge in [-0.25, -0.2) is 4.98 Å². The van der Waals surface area contributed by atoms with E-state index in [4.69, 9.17) is 9.47 Å². The second-order valence-electron chi connectivity index (χ2n) is 6.09. The first kappa shape index (κ1) is 19.5. The number of aromatic nitrogens is 2. The third kappa shape index (κ3) is 4.35. The normalized spacial score (nSPS) is 10.4. The number of methoxy groups -OCH3 is 2. The number of thioether (sulfide) groups is 1. The first-order valence-electron chi connectivity index (χ1n) is 8.50. The van der Waals surface area contributed by atoms with Gasteiger partial charge in [-0.15, -0.1) is 0 Å². The van der Waals surface area contributed by atoms with Gasteiger partial charge in [0.05, 0.1) is 19.9 Å². The van der Waals surface area contributed by atoms with Gasteiger partial charge in [0.15, 0.2) is 5.16 Å². The van der Waals surface area contributed by atoms with Crippen molar-refractivity contribution < 1.29 is 9.47 Å². The van der Waals surface area contributed by atoms with Gasteiger partial charge >= 0.3 is 0 Å². The van der Waals surface area contributed by atoms with Crippen LogP contribution >= 0.6 is 11.8 Å². The molecule has 0 aliphatic carbocycles. The first-order valence-corrected chi connectivity index (χ1v) is 9.49. The predicted molar refractivity (Wildman–Crippen MR) is 109 cm³/mol. The topological polar surface area (TPSA) is 88.0 Å². The lowest BCUT2D eigenvalue weighted by Gasteiger charge is -2.09. The van der Waals surface area contributed by atoms with Gasteiger partial charge in [0.1, 0.15) is 23.1 Å². The van der Waals surface area contributed by atoms with Gasteiger partial charge in [-0.3, -0.25) is 4.79 Å². The molecule has 1 aromatic heterocycles. The highest BCUT2D eigenvalue weighted by molar-refractivity contribution is 7.98. The lowest BCUT2D eigenvalue weighted by molar-refractivity contribution is 0.393. The van der Waals surface area contributed by atoms with Gasteiger partial charge in [0.2, 0.25) is 0 Å². The third-order valence-electron chi connectivity index (χ3n) is 4.09. The number of ether oxygens (including phenoxy) is 2. The number of rotatable bonds is 6. The molecule has 0 aliphatic rings. The summed E-state index contributed by atoms with van der Waals surface area (Å²) in [5.74, 6) is 1.93. The summed E-state index contributed by atoms with van der Waals surface area (Å²) in [4.78, 5) is 19.6. The average molecular weight is 393 g/mol. The number of hydrogen-bond donors (Lipinski definition) is 1. The standard InChI is InChI=1S/C21H19N3O3S/c1-13-5-4-6-15(7-13)19-18(11-22)20(25)24-21(23-19)28-12-14-8-16(26-2)10-17(9-14)27-3/h4-10H,12H2,1-3H3,(H,23,24,25). The quantitative estimate of drug-likeness (QED) is 0.504. The predicted octanol–water partition coefficient (Wildman–Crippen LogP) is 3.93. The first-order chi connectivity index (χ1) is 13.5. The number of benzene rings is 2. The molecule has 142 valence electrons. The van der Waals surface area contributed by atoms with Crippen molar-refractivity contribution >= 4 is 11.8 Å². The maximum Gasteiger partial charge on any atom is 0.270 e. The second-order valence-corrected chi connectivity index (χ2v) is 7.05. The van der Waals surface area contributed by atoms with E-state index < -0.39 is 5.56 Å². The molecule has 0 atom stereocenters. The number of aryl methyl sites for hydroxylation is 1. The Morgan fingerprint density at radius 3 is 2.46 bits per heavy atom. The molecule has 0 saturated carbocycles. The zero-order valence-corrected chi connectivity index (χ0v) is 16.6. The molecule has 2 aromatic carbocycles. The number of nitrogens with one attached hydrogen (secondary N) is 1. The van der Waals surface area contributed by atoms with E-state index in [9.17, 15) is 10.1 Å². The van der Waals surface area contributed by atoms with Crippen LogP contribution in [0.2, 0.25) is 0 Å². The van der Waals surface area contributed by atoms with E-state index >= 15 is 0 Å². The maximum absolute atomic E-state index is 12.4. The minimum absolute atomic E-state index is 0.0120. The van der Waals surface area contributed by atoms with Crippen LogP contribution in [0.3, 0.4) is 0 Å². The van der Waals surface area contributed by atoms with Crippen molar-refractivity contribution in [2.75, 3.05) is 14.2 Å². The lowest BCUT2D eigenvalue weighted by atomic mass is 10.1. The minimum Gasteiger partial charge on any atom is -0.497 e. The highest BCUT2D eigenvalue weighted by Gasteiger charge is 2.14. The Labute approximate surface area is 167 Å². The Morgan fingerprint density at radius 1 is 1.14 bits per heavy atom. The van der Waals surface area contributed by atoms with Crippen LogP contribution < -0.4 is 15.0 Å². The smallest absolute Gasteiger partial charge is 0.270 e. The molecule has 3 aromatic rings. The zero-order chi connectivity index (χ0) is 20.1. The number of nitrogens with zero attached hydrogens (tertiary/aromatic N) is 2. The summed E-state index contributed by atoms with van der Waals surface area (Å²) in [6.07, 6.45) is 0. The summed E-state index contributed by atoms with van der Waals surface area (Å²) < 4.78 is 10.6. The number of nitriles is 1. The monoisotopic (exact) mass is 393 g/mol. The molecule has 0 fully saturated rings. The van der Waals surface area contributed by atoms with E-state index in [2.05, 4.69) is 9.97 Å². The fourth-order valence-corrected chi connectivity index (χ4v) is 3.52. The molecule has 0 radical (unpaired) electrons. The summed E-state index contributed by atoms with van der Waals surface area (Å²) >= 11 is 1.37. The van der Waals surface area contributed by atoms with Crippen LogP contribution in [0, 0.1) is 18.3 Å². The average Bonchev–Trinajstić information content (AvgIpc) is 2.71. The largest absolute Gasteiger partial charge is 0.497 e. The van der Waals surface area contributed by atoms with Gasteiger partial charge in [0.25, 0.3) is 5.56 Å². The van der Waals surface area contributed by atoms with E-state index in [-0.39, 0.29) is 5.56 Å². The van der Waals surface area contributed by atoms with Crippen molar-refractivity contribution in [2.45, 2.75) is 17.8 Å². The van der Waals surface area contributed by atoms with Gasteiger partial charge in [0, 0.05) is 17.4 Å². The highest BCUT2D eigenvalue weighted by atomic mass is 32.2. The molecule has 0 spiro atoms. The lowest BCUT2D eigenvalue weighted by Crippen LogP contribution is -2.14. The van der Waals surface area contributed by atoms with Crippen LogP contribution in [0.25, 0.3) is 11.3 Å². The van der Waals surface area contributed by atoms with Crippen LogP contribution in [0.5, 0.6) is 11.5 Å². The van der Waals surface area contributed by atoms with Crippen LogP contribution in [0.1, 0.15) is 16.7 Å². The highest BCUT2D eigenvalue weighted by Crippen LogP contribution is 2.28. The summed E-state index contributed by atoms with van der Waals surface area (Å²) in [6.45, 7) is 1.95. The van der Waals surface area contributed by atoms with Crippen molar-refractivity contribution in [1.29, 1.82) is 5.26 Å². The molecule has 3 rings (SSSR count). The van der Waals surface area contributed by atoms with Crippen molar-refractivity contribution in [2.24, 2.45) is 0 Å². The van der Waals surface area contributed by atoms with E-state index in [0.717, 1.165) is 16.7 Å². The van der Waals surface area contributed by atoms with Crippen molar-refractivity contribution in [1.82, 2.24) is 9.97 Å². The summed E-state index contributed by atoms with van der Waals surface area (Å²) in [5, 5.41) is 9.85. The van der Waals surface area contributed by atoms with Crippen LogP contribution in [-0.4, -0.2) is 24.2 Å². The summed E-state index contributed by atoms with van der Waals surface area (Å²) in [6, 6.07) is 15.1. The third-order valence-corrected chi connectivity index (χ3v) is 5.03. The number of H-pyrrole nitrogens is 1. The SMILES string of the molecule is COc1cc(CSc2nc(-c3cccc(C)c3)c(C#N)c(=O)[nH]2)cc(OC)c1. The fraction of sp³-hybridized carbons (Fsp3) is 0.190. The van der Waals surface area contributed by atoms with E-state index in [1.165, 1.54) is 11.8 Å². The molecule has 28 heavy (non-hydrogen) atoms. The van der Waals surface area contributed by atoms with Crippen LogP contribution in [-0.2, 0) is 5.75 Å². The Kier molecular flexibility index (Phi) is 6.02. The molecular weight excluding hydrogens is 374 g/mol. The Bertz CT molecular complexity index is 1080. The molecular formula is C21H19N3O3S. The van der Waals surface area contributed by atoms with Crippen molar-refractivity contribution in [3.63, 3.8) is 0 Å². The zero-order valence-electron chi connectivity index (χ0n) is 15.8. The molecule has 0 unspecified atom stereocenters. The van der Waals surface area contributed by atoms with E-state index in [1.807, 2.05) is 49.4 Å². The Hall–Kier alpha value is -3.24. The Morgan fingerprint density at radius 2 is 1.86 bits per heavy atom. The molecule has 0 aliphatic heterocycles. The van der Waals surface area contributed by atoms with Gasteiger partial charge in [-0.2, -0.15) is 5.26 Å². The molecule has 0 saturated heterocycles. The van der Waals surface area contributed by atoms with E-state index in [1.54, 1.807) is 20.3 Å². The second kappa shape index (κ2) is 8.63. The molecule has 0 amide bonds. The molecule has 1 N–H and O–H groups in total.